The summed E-state index contributed by atoms with van der Waals surface area (Å²) in [5, 5.41) is 13.6. The lowest BCUT2D eigenvalue weighted by atomic mass is 9.93. The molecule has 0 radical (unpaired) electrons. The van der Waals surface area contributed by atoms with Gasteiger partial charge in [-0.2, -0.15) is 5.10 Å². The predicted molar refractivity (Wildman–Crippen MR) is 64.9 cm³/mol. The number of hydrogen-bond donors (Lipinski definition) is 1. The van der Waals surface area contributed by atoms with Crippen LogP contribution in [-0.2, 0) is 11.8 Å². The van der Waals surface area contributed by atoms with Crippen molar-refractivity contribution in [3.8, 4) is 0 Å². The van der Waals surface area contributed by atoms with Crippen molar-refractivity contribution in [1.29, 1.82) is 0 Å². The number of aromatic nitrogens is 2. The first kappa shape index (κ1) is 12.1. The Balaban J connectivity index is 2.20. The molecule has 2 rings (SSSR count). The van der Waals surface area contributed by atoms with Gasteiger partial charge in [0, 0.05) is 18.7 Å². The van der Waals surface area contributed by atoms with Gasteiger partial charge in [-0.1, -0.05) is 19.8 Å². The zero-order valence-electron chi connectivity index (χ0n) is 10.7. The number of nitrogens with zero attached hydrogens (tertiary/aromatic N) is 2. The molecule has 1 aromatic heterocycles. The predicted octanol–water partition coefficient (Wildman–Crippen LogP) is 2.48. The molecule has 1 aliphatic rings. The Kier molecular flexibility index (Phi) is 2.98. The largest absolute Gasteiger partial charge is 0.481 e. The second kappa shape index (κ2) is 4.17. The van der Waals surface area contributed by atoms with E-state index in [-0.39, 0.29) is 5.92 Å². The van der Waals surface area contributed by atoms with Gasteiger partial charge < -0.3 is 5.11 Å². The average molecular weight is 236 g/mol. The zero-order chi connectivity index (χ0) is 12.6. The lowest BCUT2D eigenvalue weighted by Gasteiger charge is -2.11. The molecule has 2 atom stereocenters. The molecule has 1 N–H and O–H groups in total. The lowest BCUT2D eigenvalue weighted by molar-refractivity contribution is -0.143. The number of carboxylic acid groups (broad SMARTS) is 1. The van der Waals surface area contributed by atoms with Crippen LogP contribution in [0, 0.1) is 12.3 Å². The number of aliphatic carboxylic acids is 1. The quantitative estimate of drug-likeness (QED) is 0.854. The van der Waals surface area contributed by atoms with E-state index < -0.39 is 11.4 Å². The monoisotopic (exact) mass is 236 g/mol. The summed E-state index contributed by atoms with van der Waals surface area (Å²) in [5.74, 6) is -0.473. The molecule has 2 unspecified atom stereocenters. The van der Waals surface area contributed by atoms with E-state index in [0.29, 0.717) is 0 Å². The summed E-state index contributed by atoms with van der Waals surface area (Å²) in [7, 11) is 1.90. The first-order chi connectivity index (χ1) is 8.03. The van der Waals surface area contributed by atoms with Crippen LogP contribution in [0.15, 0.2) is 6.20 Å². The topological polar surface area (TPSA) is 55.1 Å². The lowest BCUT2D eigenvalue weighted by Crippen LogP contribution is -2.17. The minimum absolute atomic E-state index is 0.167. The van der Waals surface area contributed by atoms with Crippen molar-refractivity contribution in [1.82, 2.24) is 9.78 Å². The highest BCUT2D eigenvalue weighted by atomic mass is 16.4. The third-order valence-electron chi connectivity index (χ3n) is 4.13. The van der Waals surface area contributed by atoms with Crippen LogP contribution in [0.4, 0.5) is 0 Å². The molecule has 4 heteroatoms. The second-order valence-electron chi connectivity index (χ2n) is 5.13. The number of carboxylic acids is 1. The molecule has 0 aliphatic heterocycles. The molecule has 94 valence electrons. The van der Waals surface area contributed by atoms with Crippen LogP contribution < -0.4 is 0 Å². The number of unbranched alkanes of at least 4 members (excludes halogenated alkanes) is 1. The van der Waals surface area contributed by atoms with Crippen LogP contribution in [0.5, 0.6) is 0 Å². The molecule has 0 amide bonds. The molecule has 17 heavy (non-hydrogen) atoms. The second-order valence-corrected chi connectivity index (χ2v) is 5.13. The summed E-state index contributed by atoms with van der Waals surface area (Å²) in [6.07, 6.45) is 5.43. The SMILES string of the molecule is CCCCC1(C(=O)O)CC1c1cnn(C)c1C. The number of rotatable bonds is 5. The van der Waals surface area contributed by atoms with Gasteiger partial charge in [0.05, 0.1) is 11.6 Å². The average Bonchev–Trinajstić information content (AvgIpc) is 2.94. The van der Waals surface area contributed by atoms with Crippen molar-refractivity contribution in [2.45, 2.75) is 45.4 Å². The summed E-state index contributed by atoms with van der Waals surface area (Å²) >= 11 is 0. The minimum Gasteiger partial charge on any atom is -0.481 e. The summed E-state index contributed by atoms with van der Waals surface area (Å²) in [4.78, 5) is 11.5. The van der Waals surface area contributed by atoms with E-state index in [4.69, 9.17) is 0 Å². The first-order valence-corrected chi connectivity index (χ1v) is 6.25. The van der Waals surface area contributed by atoms with Crippen LogP contribution in [0.1, 0.15) is 49.8 Å². The van der Waals surface area contributed by atoms with Gasteiger partial charge in [0.2, 0.25) is 0 Å². The molecule has 0 spiro atoms. The fraction of sp³-hybridized carbons (Fsp3) is 0.692. The highest BCUT2D eigenvalue weighted by Crippen LogP contribution is 2.62. The molecular formula is C13H20N2O2. The van der Waals surface area contributed by atoms with E-state index in [1.807, 2.05) is 24.9 Å². The summed E-state index contributed by atoms with van der Waals surface area (Å²) in [5.41, 5.74) is 1.70. The summed E-state index contributed by atoms with van der Waals surface area (Å²) in [6, 6.07) is 0. The Morgan fingerprint density at radius 1 is 1.71 bits per heavy atom. The van der Waals surface area contributed by atoms with Gasteiger partial charge in [-0.05, 0) is 25.3 Å². The Hall–Kier alpha value is -1.32. The van der Waals surface area contributed by atoms with Crippen molar-refractivity contribution >= 4 is 5.97 Å². The van der Waals surface area contributed by atoms with E-state index in [9.17, 15) is 9.90 Å². The Labute approximate surface area is 102 Å². The molecule has 1 heterocycles. The van der Waals surface area contributed by atoms with Gasteiger partial charge in [0.15, 0.2) is 0 Å². The zero-order valence-corrected chi connectivity index (χ0v) is 10.7. The maximum Gasteiger partial charge on any atom is 0.310 e. The van der Waals surface area contributed by atoms with Crippen molar-refractivity contribution in [3.05, 3.63) is 17.5 Å². The van der Waals surface area contributed by atoms with Crippen LogP contribution in [-0.4, -0.2) is 20.9 Å². The van der Waals surface area contributed by atoms with Crippen LogP contribution >= 0.6 is 0 Å². The Morgan fingerprint density at radius 2 is 2.41 bits per heavy atom. The normalized spacial score (nSPS) is 27.1. The molecule has 0 aromatic carbocycles. The number of hydrogen-bond acceptors (Lipinski definition) is 2. The van der Waals surface area contributed by atoms with E-state index in [0.717, 1.165) is 36.9 Å². The fourth-order valence-corrected chi connectivity index (χ4v) is 2.68. The third-order valence-corrected chi connectivity index (χ3v) is 4.13. The number of aryl methyl sites for hydroxylation is 1. The van der Waals surface area contributed by atoms with Crippen molar-refractivity contribution in [2.24, 2.45) is 12.5 Å². The van der Waals surface area contributed by atoms with Gasteiger partial charge in [-0.15, -0.1) is 0 Å². The van der Waals surface area contributed by atoms with Crippen LogP contribution in [0.2, 0.25) is 0 Å². The van der Waals surface area contributed by atoms with Gasteiger partial charge in [0.1, 0.15) is 0 Å². The number of carbonyl (C=O) groups is 1. The highest BCUT2D eigenvalue weighted by molar-refractivity contribution is 5.80. The molecule has 1 saturated carbocycles. The summed E-state index contributed by atoms with van der Waals surface area (Å²) < 4.78 is 1.82. The maximum absolute atomic E-state index is 11.5. The maximum atomic E-state index is 11.5. The molecular weight excluding hydrogens is 216 g/mol. The third kappa shape index (κ3) is 1.85. The smallest absolute Gasteiger partial charge is 0.310 e. The molecule has 4 nitrogen and oxygen atoms in total. The molecule has 1 fully saturated rings. The molecule has 0 bridgehead atoms. The van der Waals surface area contributed by atoms with Crippen LogP contribution in [0.25, 0.3) is 0 Å². The standard InChI is InChI=1S/C13H20N2O2/c1-4-5-6-13(12(16)17)7-11(13)10-8-14-15(3)9(10)2/h8,11H,4-7H2,1-3H3,(H,16,17). The molecule has 1 aromatic rings. The Bertz CT molecular complexity index is 439. The van der Waals surface area contributed by atoms with Crippen molar-refractivity contribution < 1.29 is 9.90 Å². The van der Waals surface area contributed by atoms with Crippen molar-refractivity contribution in [3.63, 3.8) is 0 Å². The van der Waals surface area contributed by atoms with E-state index >= 15 is 0 Å². The molecule has 0 saturated heterocycles. The van der Waals surface area contributed by atoms with Crippen molar-refractivity contribution in [2.75, 3.05) is 0 Å². The highest BCUT2D eigenvalue weighted by Gasteiger charge is 2.60. The van der Waals surface area contributed by atoms with Gasteiger partial charge in [-0.3, -0.25) is 9.48 Å². The van der Waals surface area contributed by atoms with E-state index in [2.05, 4.69) is 12.0 Å². The minimum atomic E-state index is -0.640. The van der Waals surface area contributed by atoms with E-state index in [1.165, 1.54) is 0 Å². The van der Waals surface area contributed by atoms with Gasteiger partial charge >= 0.3 is 5.97 Å². The molecule has 1 aliphatic carbocycles. The summed E-state index contributed by atoms with van der Waals surface area (Å²) in [6.45, 7) is 4.11. The van der Waals surface area contributed by atoms with E-state index in [1.54, 1.807) is 0 Å². The fourth-order valence-electron chi connectivity index (χ4n) is 2.68. The van der Waals surface area contributed by atoms with Gasteiger partial charge in [-0.25, -0.2) is 0 Å². The Morgan fingerprint density at radius 3 is 2.88 bits per heavy atom. The van der Waals surface area contributed by atoms with Gasteiger partial charge in [0.25, 0.3) is 0 Å². The van der Waals surface area contributed by atoms with Crippen LogP contribution in [0.3, 0.4) is 0 Å². The first-order valence-electron chi connectivity index (χ1n) is 6.25.